The summed E-state index contributed by atoms with van der Waals surface area (Å²) in [4.78, 5) is 7.55. The molecule has 1 fully saturated rings. The van der Waals surface area contributed by atoms with Crippen molar-refractivity contribution in [2.45, 2.75) is 19.8 Å². The van der Waals surface area contributed by atoms with E-state index in [1.54, 1.807) is 6.07 Å². The Labute approximate surface area is 157 Å². The molecule has 2 aromatic rings. The van der Waals surface area contributed by atoms with Gasteiger partial charge >= 0.3 is 6.01 Å². The molecule has 1 aromatic carbocycles. The Kier molecular flexibility index (Phi) is 5.77. The van der Waals surface area contributed by atoms with Crippen molar-refractivity contribution in [1.29, 1.82) is 10.7 Å². The van der Waals surface area contributed by atoms with Crippen LogP contribution >= 0.6 is 0 Å². The van der Waals surface area contributed by atoms with E-state index in [9.17, 15) is 4.39 Å². The van der Waals surface area contributed by atoms with Crippen molar-refractivity contribution < 1.29 is 9.13 Å². The summed E-state index contributed by atoms with van der Waals surface area (Å²) in [5.41, 5.74) is 4.43. The number of nitrogens with one attached hydrogen (secondary N) is 2. The van der Waals surface area contributed by atoms with Crippen LogP contribution in [0.1, 0.15) is 29.5 Å². The molecule has 2 N–H and O–H groups in total. The van der Waals surface area contributed by atoms with E-state index in [2.05, 4.69) is 21.4 Å². The number of benzene rings is 1. The van der Waals surface area contributed by atoms with Gasteiger partial charge in [0, 0.05) is 24.0 Å². The molecule has 1 unspecified atom stereocenters. The zero-order valence-corrected chi connectivity index (χ0v) is 15.0. The molecule has 0 amide bonds. The molecule has 3 rings (SSSR count). The van der Waals surface area contributed by atoms with Crippen molar-refractivity contribution >= 4 is 11.8 Å². The van der Waals surface area contributed by atoms with Crippen molar-refractivity contribution in [3.05, 3.63) is 58.8 Å². The number of hydrogen-bond donors (Lipinski definition) is 2. The van der Waals surface area contributed by atoms with Crippen LogP contribution in [0.2, 0.25) is 0 Å². The van der Waals surface area contributed by atoms with Gasteiger partial charge in [0.05, 0.1) is 30.6 Å². The first kappa shape index (κ1) is 18.5. The maximum Gasteiger partial charge on any atom is 0.316 e. The van der Waals surface area contributed by atoms with E-state index in [-0.39, 0.29) is 6.01 Å². The van der Waals surface area contributed by atoms with E-state index in [0.29, 0.717) is 18.1 Å². The van der Waals surface area contributed by atoms with E-state index >= 15 is 0 Å². The Morgan fingerprint density at radius 1 is 1.44 bits per heavy atom. The minimum atomic E-state index is -0.491. The van der Waals surface area contributed by atoms with Crippen LogP contribution in [-0.2, 0) is 0 Å². The Hall–Kier alpha value is -3.27. The molecule has 1 atom stereocenters. The molecule has 27 heavy (non-hydrogen) atoms. The van der Waals surface area contributed by atoms with E-state index in [0.717, 1.165) is 54.2 Å². The van der Waals surface area contributed by atoms with Crippen LogP contribution in [0.3, 0.4) is 0 Å². The Balaban J connectivity index is 1.63. The fraction of sp³-hybridized carbons (Fsp3) is 0.300. The van der Waals surface area contributed by atoms with Gasteiger partial charge in [-0.05, 0) is 48.9 Å². The standard InChI is InChI=1S/C20H20FN5O/c1-13-6-14(8-22)2-3-17(13)18(9-23)19-7-15(10-24-19)4-5-27-20-25-11-16(21)12-26-20/h2-3,6,9,11-12,15,23-24H,4-5,7,10H2,1H3/b19-18+,23-9?. The van der Waals surface area contributed by atoms with Gasteiger partial charge in [-0.2, -0.15) is 5.26 Å². The lowest BCUT2D eigenvalue weighted by molar-refractivity contribution is 0.263. The third-order valence-electron chi connectivity index (χ3n) is 4.57. The van der Waals surface area contributed by atoms with Crippen LogP contribution in [0.5, 0.6) is 6.01 Å². The maximum atomic E-state index is 12.8. The summed E-state index contributed by atoms with van der Waals surface area (Å²) in [6, 6.07) is 7.81. The van der Waals surface area contributed by atoms with Crippen molar-refractivity contribution in [3.8, 4) is 12.1 Å². The third kappa shape index (κ3) is 4.47. The van der Waals surface area contributed by atoms with Crippen molar-refractivity contribution in [2.24, 2.45) is 5.92 Å². The first-order chi connectivity index (χ1) is 13.1. The lowest BCUT2D eigenvalue weighted by atomic mass is 9.95. The number of nitriles is 1. The van der Waals surface area contributed by atoms with Crippen LogP contribution < -0.4 is 10.1 Å². The third-order valence-corrected chi connectivity index (χ3v) is 4.57. The molecule has 0 spiro atoms. The predicted octanol–water partition coefficient (Wildman–Crippen LogP) is 3.24. The maximum absolute atomic E-state index is 12.8. The monoisotopic (exact) mass is 365 g/mol. The molecule has 1 aliphatic rings. The zero-order valence-electron chi connectivity index (χ0n) is 15.0. The average Bonchev–Trinajstić information content (AvgIpc) is 3.13. The molecule has 0 bridgehead atoms. The smallest absolute Gasteiger partial charge is 0.316 e. The van der Waals surface area contributed by atoms with Crippen LogP contribution in [0.15, 0.2) is 36.3 Å². The molecular formula is C20H20FN5O. The molecule has 0 saturated carbocycles. The van der Waals surface area contributed by atoms with Crippen molar-refractivity contribution in [2.75, 3.05) is 13.2 Å². The van der Waals surface area contributed by atoms with Crippen LogP contribution in [0, 0.1) is 35.4 Å². The van der Waals surface area contributed by atoms with E-state index in [1.807, 2.05) is 19.1 Å². The summed E-state index contributed by atoms with van der Waals surface area (Å²) in [6.07, 6.45) is 5.14. The average molecular weight is 365 g/mol. The number of rotatable bonds is 6. The molecule has 2 heterocycles. The molecule has 0 aliphatic carbocycles. The van der Waals surface area contributed by atoms with Crippen LogP contribution in [0.25, 0.3) is 5.57 Å². The lowest BCUT2D eigenvalue weighted by Crippen LogP contribution is -2.12. The molecule has 7 heteroatoms. The topological polar surface area (TPSA) is 94.7 Å². The number of nitrogens with zero attached hydrogens (tertiary/aromatic N) is 3. The molecule has 0 radical (unpaired) electrons. The summed E-state index contributed by atoms with van der Waals surface area (Å²) >= 11 is 0. The fourth-order valence-electron chi connectivity index (χ4n) is 3.16. The minimum absolute atomic E-state index is 0.173. The first-order valence-corrected chi connectivity index (χ1v) is 8.69. The summed E-state index contributed by atoms with van der Waals surface area (Å²) in [5, 5.41) is 20.2. The summed E-state index contributed by atoms with van der Waals surface area (Å²) < 4.78 is 18.3. The van der Waals surface area contributed by atoms with Gasteiger partial charge in [-0.1, -0.05) is 6.07 Å². The molecule has 1 aromatic heterocycles. The number of halogens is 1. The van der Waals surface area contributed by atoms with Gasteiger partial charge in [0.15, 0.2) is 5.82 Å². The zero-order chi connectivity index (χ0) is 19.2. The van der Waals surface area contributed by atoms with Crippen molar-refractivity contribution in [1.82, 2.24) is 15.3 Å². The van der Waals surface area contributed by atoms with Crippen LogP contribution in [-0.4, -0.2) is 29.3 Å². The summed E-state index contributed by atoms with van der Waals surface area (Å²) in [5.74, 6) is -0.122. The second kappa shape index (κ2) is 8.41. The SMILES string of the molecule is Cc1cc(C#N)ccc1/C(C=N)=C1\CC(CCOc2ncc(F)cn2)CN1. The normalized spacial score (nSPS) is 17.7. The Bertz CT molecular complexity index is 902. The van der Waals surface area contributed by atoms with Gasteiger partial charge < -0.3 is 15.5 Å². The van der Waals surface area contributed by atoms with Gasteiger partial charge in [-0.25, -0.2) is 14.4 Å². The largest absolute Gasteiger partial charge is 0.463 e. The highest BCUT2D eigenvalue weighted by Crippen LogP contribution is 2.28. The molecular weight excluding hydrogens is 345 g/mol. The number of allylic oxidation sites excluding steroid dienone is 2. The Morgan fingerprint density at radius 3 is 2.89 bits per heavy atom. The fourth-order valence-corrected chi connectivity index (χ4v) is 3.16. The van der Waals surface area contributed by atoms with Crippen LogP contribution in [0.4, 0.5) is 4.39 Å². The molecule has 1 aliphatic heterocycles. The highest BCUT2D eigenvalue weighted by Gasteiger charge is 2.22. The number of aryl methyl sites for hydroxylation is 1. The highest BCUT2D eigenvalue weighted by molar-refractivity contribution is 6.10. The predicted molar refractivity (Wildman–Crippen MR) is 99.8 cm³/mol. The highest BCUT2D eigenvalue weighted by atomic mass is 19.1. The lowest BCUT2D eigenvalue weighted by Gasteiger charge is -2.11. The van der Waals surface area contributed by atoms with Gasteiger partial charge in [-0.15, -0.1) is 0 Å². The number of ether oxygens (including phenoxy) is 1. The second-order valence-corrected chi connectivity index (χ2v) is 6.45. The molecule has 6 nitrogen and oxygen atoms in total. The minimum Gasteiger partial charge on any atom is -0.463 e. The first-order valence-electron chi connectivity index (χ1n) is 8.69. The van der Waals surface area contributed by atoms with E-state index < -0.39 is 5.82 Å². The number of aromatic nitrogens is 2. The number of hydrogen-bond acceptors (Lipinski definition) is 6. The van der Waals surface area contributed by atoms with Gasteiger partial charge in [0.25, 0.3) is 0 Å². The van der Waals surface area contributed by atoms with E-state index in [1.165, 1.54) is 6.21 Å². The molecule has 1 saturated heterocycles. The second-order valence-electron chi connectivity index (χ2n) is 6.45. The van der Waals surface area contributed by atoms with Gasteiger partial charge in [-0.3, -0.25) is 0 Å². The Morgan fingerprint density at radius 2 is 2.22 bits per heavy atom. The van der Waals surface area contributed by atoms with E-state index in [4.69, 9.17) is 15.4 Å². The van der Waals surface area contributed by atoms with Gasteiger partial charge in [0.2, 0.25) is 0 Å². The van der Waals surface area contributed by atoms with Gasteiger partial charge in [0.1, 0.15) is 0 Å². The summed E-state index contributed by atoms with van der Waals surface area (Å²) in [6.45, 7) is 3.19. The van der Waals surface area contributed by atoms with Crippen molar-refractivity contribution in [3.63, 3.8) is 0 Å². The summed E-state index contributed by atoms with van der Waals surface area (Å²) in [7, 11) is 0. The quantitative estimate of drug-likeness (QED) is 0.767. The molecule has 138 valence electrons.